The zero-order valence-corrected chi connectivity index (χ0v) is 21.9. The van der Waals surface area contributed by atoms with Crippen LogP contribution in [0.3, 0.4) is 0 Å². The highest BCUT2D eigenvalue weighted by molar-refractivity contribution is 7.92. The summed E-state index contributed by atoms with van der Waals surface area (Å²) in [5.41, 5.74) is -0.0425. The molecule has 0 heterocycles. The number of sulfone groups is 1. The van der Waals surface area contributed by atoms with Crippen LogP contribution in [0.5, 0.6) is 0 Å². The predicted octanol–water partition coefficient (Wildman–Crippen LogP) is 6.60. The Balaban J connectivity index is 2.18. The second kappa shape index (κ2) is 19.4. The molecule has 1 aromatic rings. The Morgan fingerprint density at radius 1 is 0.758 bits per heavy atom. The zero-order chi connectivity index (χ0) is 24.2. The maximum atomic E-state index is 12.9. The first kappa shape index (κ1) is 30.1. The second-order valence-corrected chi connectivity index (χ2v) is 11.1. The van der Waals surface area contributed by atoms with E-state index in [9.17, 15) is 8.42 Å². The number of aliphatic hydroxyl groups is 1. The molecule has 0 aliphatic carbocycles. The minimum atomic E-state index is -3.65. The molecule has 0 spiro atoms. The highest BCUT2D eigenvalue weighted by atomic mass is 32.2. The predicted molar refractivity (Wildman–Crippen MR) is 136 cm³/mol. The Bertz CT molecular complexity index is 672. The van der Waals surface area contributed by atoms with Crippen LogP contribution in [0.25, 0.3) is 0 Å². The molecule has 0 aliphatic rings. The smallest absolute Gasteiger partial charge is 0.207 e. The Hall–Kier alpha value is -0.950. The lowest BCUT2D eigenvalue weighted by Crippen LogP contribution is -2.30. The largest absolute Gasteiger partial charge is 0.394 e. The Labute approximate surface area is 203 Å². The summed E-state index contributed by atoms with van der Waals surface area (Å²) in [6.45, 7) is 4.46. The van der Waals surface area contributed by atoms with Crippen LogP contribution in [0.2, 0.25) is 0 Å². The average Bonchev–Trinajstić information content (AvgIpc) is 2.80. The molecule has 0 fully saturated rings. The van der Waals surface area contributed by atoms with Crippen molar-refractivity contribution >= 4 is 9.84 Å². The highest BCUT2D eigenvalue weighted by Crippen LogP contribution is 2.19. The molecule has 1 atom stereocenters. The van der Waals surface area contributed by atoms with Gasteiger partial charge in [0.05, 0.1) is 24.7 Å². The number of unbranched alkanes of at least 4 members (excludes halogenated alkanes) is 13. The maximum absolute atomic E-state index is 12.9. The quantitative estimate of drug-likeness (QED) is 0.188. The SMILES string of the molecule is CCCCCCCCCCCCCCCCOC(COCCO)S(=O)(=O)c1ccc(C)cc1. The van der Waals surface area contributed by atoms with Gasteiger partial charge in [-0.25, -0.2) is 8.42 Å². The van der Waals surface area contributed by atoms with Crippen LogP contribution in [-0.4, -0.2) is 45.4 Å². The van der Waals surface area contributed by atoms with Crippen LogP contribution in [0.15, 0.2) is 29.2 Å². The third kappa shape index (κ3) is 14.1. The lowest BCUT2D eigenvalue weighted by atomic mass is 10.0. The number of rotatable bonds is 22. The summed E-state index contributed by atoms with van der Waals surface area (Å²) in [5.74, 6) is 0. The van der Waals surface area contributed by atoms with E-state index in [0.29, 0.717) is 6.61 Å². The van der Waals surface area contributed by atoms with Crippen molar-refractivity contribution in [2.24, 2.45) is 0 Å². The molecule has 1 rings (SSSR count). The van der Waals surface area contributed by atoms with Crippen LogP contribution in [0.1, 0.15) is 102 Å². The van der Waals surface area contributed by atoms with Crippen molar-refractivity contribution in [1.82, 2.24) is 0 Å². The van der Waals surface area contributed by atoms with Gasteiger partial charge in [0.15, 0.2) is 5.44 Å². The third-order valence-corrected chi connectivity index (χ3v) is 7.88. The van der Waals surface area contributed by atoms with Gasteiger partial charge in [-0.2, -0.15) is 0 Å². The number of hydrogen-bond acceptors (Lipinski definition) is 5. The summed E-state index contributed by atoms with van der Waals surface area (Å²) in [6.07, 6.45) is 17.9. The summed E-state index contributed by atoms with van der Waals surface area (Å²) in [6, 6.07) is 6.79. The molecule has 0 aromatic heterocycles. The van der Waals surface area contributed by atoms with Crippen LogP contribution in [0.4, 0.5) is 0 Å². The van der Waals surface area contributed by atoms with Crippen LogP contribution in [-0.2, 0) is 19.3 Å². The van der Waals surface area contributed by atoms with Crippen molar-refractivity contribution in [2.45, 2.75) is 114 Å². The molecule has 1 unspecified atom stereocenters. The molecule has 0 radical (unpaired) electrons. The number of benzene rings is 1. The minimum Gasteiger partial charge on any atom is -0.394 e. The van der Waals surface area contributed by atoms with E-state index in [1.807, 2.05) is 6.92 Å². The van der Waals surface area contributed by atoms with E-state index in [1.165, 1.54) is 70.6 Å². The van der Waals surface area contributed by atoms with E-state index in [4.69, 9.17) is 14.6 Å². The van der Waals surface area contributed by atoms with E-state index in [0.717, 1.165) is 24.8 Å². The molecule has 0 saturated carbocycles. The van der Waals surface area contributed by atoms with E-state index < -0.39 is 15.3 Å². The van der Waals surface area contributed by atoms with Crippen molar-refractivity contribution in [3.63, 3.8) is 0 Å². The van der Waals surface area contributed by atoms with E-state index >= 15 is 0 Å². The Kier molecular flexibility index (Phi) is 17.7. The average molecular weight is 485 g/mol. The van der Waals surface area contributed by atoms with Gasteiger partial charge in [0.1, 0.15) is 0 Å². The molecule has 0 saturated heterocycles. The van der Waals surface area contributed by atoms with Crippen LogP contribution >= 0.6 is 0 Å². The molecule has 6 heteroatoms. The fourth-order valence-electron chi connectivity index (χ4n) is 3.86. The standard InChI is InChI=1S/C27H48O5S/c1-3-4-5-6-7-8-9-10-11-12-13-14-15-16-22-32-27(24-31-23-21-28)33(29,30)26-19-17-25(2)18-20-26/h17-20,27-28H,3-16,21-24H2,1-2H3. The van der Waals surface area contributed by atoms with Crippen molar-refractivity contribution < 1.29 is 23.0 Å². The van der Waals surface area contributed by atoms with Gasteiger partial charge >= 0.3 is 0 Å². The number of aryl methyl sites for hydroxylation is 1. The monoisotopic (exact) mass is 484 g/mol. The molecule has 33 heavy (non-hydrogen) atoms. The van der Waals surface area contributed by atoms with Gasteiger partial charge in [-0.1, -0.05) is 108 Å². The molecule has 1 aromatic carbocycles. The van der Waals surface area contributed by atoms with Crippen molar-refractivity contribution in [3.05, 3.63) is 29.8 Å². The van der Waals surface area contributed by atoms with Crippen molar-refractivity contribution in [3.8, 4) is 0 Å². The molecular formula is C27H48O5S. The molecule has 192 valence electrons. The van der Waals surface area contributed by atoms with Crippen molar-refractivity contribution in [1.29, 1.82) is 0 Å². The first-order chi connectivity index (χ1) is 16.0. The van der Waals surface area contributed by atoms with Gasteiger partial charge in [0, 0.05) is 6.61 Å². The lowest BCUT2D eigenvalue weighted by Gasteiger charge is -2.19. The van der Waals surface area contributed by atoms with Gasteiger partial charge in [0.25, 0.3) is 0 Å². The summed E-state index contributed by atoms with van der Waals surface area (Å²) in [4.78, 5) is 0.242. The zero-order valence-electron chi connectivity index (χ0n) is 21.1. The number of hydrogen-bond donors (Lipinski definition) is 1. The van der Waals surface area contributed by atoms with E-state index in [2.05, 4.69) is 6.92 Å². The Morgan fingerprint density at radius 2 is 1.24 bits per heavy atom. The van der Waals surface area contributed by atoms with Gasteiger partial charge in [0.2, 0.25) is 9.84 Å². The molecular weight excluding hydrogens is 436 g/mol. The van der Waals surface area contributed by atoms with Crippen LogP contribution < -0.4 is 0 Å². The first-order valence-corrected chi connectivity index (χ1v) is 14.7. The van der Waals surface area contributed by atoms with Gasteiger partial charge in [-0.05, 0) is 25.5 Å². The highest BCUT2D eigenvalue weighted by Gasteiger charge is 2.28. The number of aliphatic hydroxyl groups excluding tert-OH is 1. The topological polar surface area (TPSA) is 72.8 Å². The maximum Gasteiger partial charge on any atom is 0.207 e. The molecule has 0 bridgehead atoms. The van der Waals surface area contributed by atoms with Gasteiger partial charge in [-0.3, -0.25) is 0 Å². The molecule has 0 amide bonds. The Morgan fingerprint density at radius 3 is 1.73 bits per heavy atom. The summed E-state index contributed by atoms with van der Waals surface area (Å²) >= 11 is 0. The summed E-state index contributed by atoms with van der Waals surface area (Å²) in [7, 11) is -3.65. The fourth-order valence-corrected chi connectivity index (χ4v) is 5.23. The normalized spacial score (nSPS) is 12.8. The van der Waals surface area contributed by atoms with Crippen molar-refractivity contribution in [2.75, 3.05) is 26.4 Å². The summed E-state index contributed by atoms with van der Waals surface area (Å²) < 4.78 is 36.9. The molecule has 5 nitrogen and oxygen atoms in total. The fraction of sp³-hybridized carbons (Fsp3) is 0.778. The van der Waals surface area contributed by atoms with Crippen LogP contribution in [0, 0.1) is 6.92 Å². The lowest BCUT2D eigenvalue weighted by molar-refractivity contribution is 0.0119. The van der Waals surface area contributed by atoms with E-state index in [-0.39, 0.29) is 24.7 Å². The molecule has 0 aliphatic heterocycles. The first-order valence-electron chi connectivity index (χ1n) is 13.1. The van der Waals surface area contributed by atoms with Gasteiger partial charge in [-0.15, -0.1) is 0 Å². The van der Waals surface area contributed by atoms with Gasteiger partial charge < -0.3 is 14.6 Å². The third-order valence-electron chi connectivity index (χ3n) is 5.99. The summed E-state index contributed by atoms with van der Waals surface area (Å²) in [5, 5.41) is 8.93. The minimum absolute atomic E-state index is 0.0740. The second-order valence-electron chi connectivity index (χ2n) is 9.05. The van der Waals surface area contributed by atoms with E-state index in [1.54, 1.807) is 24.3 Å². The number of ether oxygens (including phenoxy) is 2. The molecule has 1 N–H and O–H groups in total.